The van der Waals surface area contributed by atoms with Gasteiger partial charge in [-0.15, -0.1) is 31.8 Å². The Morgan fingerprint density at radius 2 is 1.65 bits per heavy atom. The van der Waals surface area contributed by atoms with Gasteiger partial charge in [0.25, 0.3) is 11.8 Å². The van der Waals surface area contributed by atoms with Crippen molar-refractivity contribution in [2.75, 3.05) is 33.9 Å². The van der Waals surface area contributed by atoms with E-state index in [4.69, 9.17) is 30.8 Å². The molecule has 20 heteroatoms. The van der Waals surface area contributed by atoms with Crippen molar-refractivity contribution in [2.24, 2.45) is 15.2 Å². The molecule has 5 amide bonds. The molecule has 5 heterocycles. The second-order valence-electron chi connectivity index (χ2n) is 15.9. The third kappa shape index (κ3) is 9.39. The highest BCUT2D eigenvalue weighted by atomic mass is 35.5. The number of aliphatic imine (C=N–C) groups is 1. The molecule has 3 N–H and O–H groups in total. The summed E-state index contributed by atoms with van der Waals surface area (Å²) in [6.07, 6.45) is 1.68. The maximum atomic E-state index is 13.4. The van der Waals surface area contributed by atoms with Gasteiger partial charge in [0.15, 0.2) is 29.6 Å². The van der Waals surface area contributed by atoms with Crippen molar-refractivity contribution in [3.05, 3.63) is 104 Å². The number of thiophene rings is 1. The molecule has 18 nitrogen and oxygen atoms in total. The molecule has 2 aromatic heterocycles. The van der Waals surface area contributed by atoms with Gasteiger partial charge in [0.05, 0.1) is 32.0 Å². The summed E-state index contributed by atoms with van der Waals surface area (Å²) in [5, 5.41) is 27.4. The third-order valence-corrected chi connectivity index (χ3v) is 13.1. The first kappa shape index (κ1) is 45.6. The zero-order valence-electron chi connectivity index (χ0n) is 36.9. The van der Waals surface area contributed by atoms with Crippen LogP contribution in [0.2, 0.25) is 5.02 Å². The summed E-state index contributed by atoms with van der Waals surface area (Å²) in [5.74, 6) is 0.410. The molecule has 0 radical (unpaired) electrons. The lowest BCUT2D eigenvalue weighted by Crippen LogP contribution is -2.52. The number of azo groups is 1. The molecule has 3 aliphatic heterocycles. The van der Waals surface area contributed by atoms with E-state index < -0.39 is 18.0 Å². The van der Waals surface area contributed by atoms with Crippen LogP contribution in [-0.4, -0.2) is 94.9 Å². The Kier molecular flexibility index (Phi) is 13.6. The second-order valence-corrected chi connectivity index (χ2v) is 17.5. The Morgan fingerprint density at radius 1 is 0.939 bits per heavy atom. The average Bonchev–Trinajstić information content (AvgIpc) is 3.92. The molecule has 0 aliphatic carbocycles. The quantitative estimate of drug-likeness (QED) is 0.0556. The topological polar surface area (TPSA) is 220 Å². The number of aromatic nitrogens is 3. The lowest BCUT2D eigenvalue weighted by molar-refractivity contribution is -0.137. The van der Waals surface area contributed by atoms with Crippen molar-refractivity contribution < 1.29 is 38.2 Å². The number of aryl methyl sites for hydroxylation is 2. The summed E-state index contributed by atoms with van der Waals surface area (Å²) >= 11 is 7.88. The number of piperidine rings is 1. The number of unbranched alkanes of at least 4 members (excludes halogenated alkanes) is 1. The van der Waals surface area contributed by atoms with Crippen molar-refractivity contribution >= 4 is 69.6 Å². The first-order valence-corrected chi connectivity index (χ1v) is 22.5. The summed E-state index contributed by atoms with van der Waals surface area (Å²) in [4.78, 5) is 71.4. The number of nitrogens with one attached hydrogen (secondary N) is 3. The predicted molar refractivity (Wildman–Crippen MR) is 245 cm³/mol. The molecular formula is C46H47ClN10O8S. The van der Waals surface area contributed by atoms with Crippen LogP contribution in [0.15, 0.2) is 69.8 Å². The maximum absolute atomic E-state index is 13.4. The molecule has 342 valence electrons. The zero-order valence-corrected chi connectivity index (χ0v) is 38.5. The fraction of sp³-hybridized carbons (Fsp3) is 0.348. The summed E-state index contributed by atoms with van der Waals surface area (Å²) in [6, 6.07) is 14.4. The summed E-state index contributed by atoms with van der Waals surface area (Å²) in [5.41, 5.74) is 5.43. The predicted octanol–water partition coefficient (Wildman–Crippen LogP) is 6.47. The van der Waals surface area contributed by atoms with E-state index in [2.05, 4.69) is 50.2 Å². The van der Waals surface area contributed by atoms with Gasteiger partial charge in [-0.25, -0.2) is 0 Å². The second kappa shape index (κ2) is 19.6. The van der Waals surface area contributed by atoms with Crippen LogP contribution in [0.1, 0.15) is 87.3 Å². The Morgan fingerprint density at radius 3 is 2.35 bits per heavy atom. The van der Waals surface area contributed by atoms with E-state index in [1.165, 1.54) is 19.1 Å². The minimum absolute atomic E-state index is 0.0691. The molecule has 1 fully saturated rings. The molecule has 5 aromatic rings. The van der Waals surface area contributed by atoms with Gasteiger partial charge in [0, 0.05) is 70.3 Å². The molecule has 3 aromatic carbocycles. The molecule has 0 saturated carbocycles. The fourth-order valence-electron chi connectivity index (χ4n) is 8.10. The van der Waals surface area contributed by atoms with E-state index in [-0.39, 0.29) is 73.2 Å². The molecule has 66 heavy (non-hydrogen) atoms. The smallest absolute Gasteiger partial charge is 0.257 e. The van der Waals surface area contributed by atoms with Crippen LogP contribution in [0.4, 0.5) is 11.4 Å². The number of halogens is 1. The third-order valence-electron chi connectivity index (χ3n) is 11.6. The van der Waals surface area contributed by atoms with Gasteiger partial charge in [-0.1, -0.05) is 29.8 Å². The van der Waals surface area contributed by atoms with Gasteiger partial charge in [-0.3, -0.25) is 38.8 Å². The molecule has 1 saturated heterocycles. The Labute approximate surface area is 388 Å². The van der Waals surface area contributed by atoms with Crippen LogP contribution < -0.4 is 30.2 Å². The highest BCUT2D eigenvalue weighted by molar-refractivity contribution is 7.15. The first-order chi connectivity index (χ1) is 31.8. The van der Waals surface area contributed by atoms with Crippen LogP contribution >= 0.6 is 22.9 Å². The SMILES string of the molecule is COc1cc(OCC(=O)NCCCCNC(=O)C[C@@H]2N=C(c3ccc(Cl)cc3)c3c(sc(C)c3C)-n3c(C)nnc32)cc(OC)c1N=Nc1cccc2c1CN(C1CCC(=O)NC1=O)C2=O. The number of fused-ring (bicyclic) bond motifs is 4. The molecule has 2 atom stereocenters. The Bertz CT molecular complexity index is 2780. The van der Waals surface area contributed by atoms with Crippen LogP contribution in [0.3, 0.4) is 0 Å². The van der Waals surface area contributed by atoms with Gasteiger partial charge < -0.3 is 29.7 Å². The number of nitrogens with zero attached hydrogens (tertiary/aromatic N) is 7. The van der Waals surface area contributed by atoms with Gasteiger partial charge in [0.1, 0.15) is 28.7 Å². The molecule has 1 unspecified atom stereocenters. The van der Waals surface area contributed by atoms with Crippen LogP contribution in [-0.2, 0) is 25.7 Å². The van der Waals surface area contributed by atoms with Crippen molar-refractivity contribution in [2.45, 2.75) is 71.5 Å². The summed E-state index contributed by atoms with van der Waals surface area (Å²) in [7, 11) is 2.89. The largest absolute Gasteiger partial charge is 0.494 e. The highest BCUT2D eigenvalue weighted by Crippen LogP contribution is 2.44. The molecule has 8 rings (SSSR count). The zero-order chi connectivity index (χ0) is 46.6. The standard InChI is InChI=1S/C46H47ClN10O8S/c1-24-25(2)66-46-40(24)41(27-11-13-28(47)14-12-27)50-33(43-55-52-26(3)57(43)46)21-38(59)48-17-6-7-18-49-39(60)23-65-29-19-35(63-4)42(36(20-29)64-5)54-53-32-10-8-9-30-31(32)22-56(45(30)62)34-15-16-37(58)51-44(34)61/h8-14,19-20,33-34H,6-7,15-18,21-23H2,1-5H3,(H,48,59)(H,49,60)(H,51,58,61)/t33-,34?/m0/s1. The lowest BCUT2D eigenvalue weighted by Gasteiger charge is -2.29. The summed E-state index contributed by atoms with van der Waals surface area (Å²) < 4.78 is 19.0. The van der Waals surface area contributed by atoms with Gasteiger partial charge >= 0.3 is 0 Å². The van der Waals surface area contributed by atoms with Gasteiger partial charge in [-0.05, 0) is 69.9 Å². The van der Waals surface area contributed by atoms with Crippen molar-refractivity contribution in [1.82, 2.24) is 35.6 Å². The Balaban J connectivity index is 0.824. The number of ether oxygens (including phenoxy) is 3. The highest BCUT2D eigenvalue weighted by Gasteiger charge is 2.40. The first-order valence-electron chi connectivity index (χ1n) is 21.3. The van der Waals surface area contributed by atoms with Gasteiger partial charge in [0.2, 0.25) is 17.7 Å². The van der Waals surface area contributed by atoms with E-state index in [0.29, 0.717) is 65.2 Å². The number of hydrogen-bond acceptors (Lipinski definition) is 14. The molecule has 0 spiro atoms. The number of imide groups is 1. The number of carbonyl (C=O) groups is 5. The van der Waals surface area contributed by atoms with E-state index in [1.54, 1.807) is 41.7 Å². The van der Waals surface area contributed by atoms with Crippen molar-refractivity contribution in [1.29, 1.82) is 0 Å². The van der Waals surface area contributed by atoms with Crippen molar-refractivity contribution in [3.63, 3.8) is 0 Å². The molecule has 0 bridgehead atoms. The molecular weight excluding hydrogens is 888 g/mol. The van der Waals surface area contributed by atoms with Crippen LogP contribution in [0, 0.1) is 20.8 Å². The monoisotopic (exact) mass is 934 g/mol. The number of benzene rings is 3. The average molecular weight is 935 g/mol. The summed E-state index contributed by atoms with van der Waals surface area (Å²) in [6.45, 7) is 6.67. The van der Waals surface area contributed by atoms with Crippen molar-refractivity contribution in [3.8, 4) is 22.2 Å². The van der Waals surface area contributed by atoms with Crippen LogP contribution in [0.5, 0.6) is 17.2 Å². The minimum Gasteiger partial charge on any atom is -0.494 e. The minimum atomic E-state index is -0.766. The van der Waals surface area contributed by atoms with E-state index >= 15 is 0 Å². The number of methoxy groups -OCH3 is 2. The lowest BCUT2D eigenvalue weighted by atomic mass is 9.99. The fourth-order valence-corrected chi connectivity index (χ4v) is 9.44. The van der Waals surface area contributed by atoms with Crippen LogP contribution in [0.25, 0.3) is 5.00 Å². The normalized spacial score (nSPS) is 16.5. The number of amides is 5. The number of hydrogen-bond donors (Lipinski definition) is 3. The Hall–Kier alpha value is -6.99. The molecule has 3 aliphatic rings. The van der Waals surface area contributed by atoms with E-state index in [0.717, 1.165) is 32.3 Å². The van der Waals surface area contributed by atoms with E-state index in [1.807, 2.05) is 35.8 Å². The number of rotatable bonds is 16. The number of carbonyl (C=O) groups excluding carboxylic acids is 5. The van der Waals surface area contributed by atoms with Gasteiger partial charge in [-0.2, -0.15) is 0 Å². The van der Waals surface area contributed by atoms with E-state index in [9.17, 15) is 24.0 Å². The maximum Gasteiger partial charge on any atom is 0.257 e.